The summed E-state index contributed by atoms with van der Waals surface area (Å²) in [6.07, 6.45) is 7.23. The molecule has 0 bridgehead atoms. The van der Waals surface area contributed by atoms with Gasteiger partial charge in [-0.2, -0.15) is 0 Å². The largest absolute Gasteiger partial charge is 0.367 e. The molecule has 1 aliphatic rings. The highest BCUT2D eigenvalue weighted by molar-refractivity contribution is 9.10. The van der Waals surface area contributed by atoms with Crippen LogP contribution in [0.25, 0.3) is 0 Å². The maximum absolute atomic E-state index is 4.29. The van der Waals surface area contributed by atoms with Gasteiger partial charge in [-0.25, -0.2) is 9.97 Å². The van der Waals surface area contributed by atoms with Gasteiger partial charge in [0.05, 0.1) is 10.2 Å². The molecule has 0 radical (unpaired) electrons. The van der Waals surface area contributed by atoms with Crippen LogP contribution in [0.5, 0.6) is 0 Å². The molecule has 5 nitrogen and oxygen atoms in total. The average molecular weight is 320 g/mol. The highest BCUT2D eigenvalue weighted by Gasteiger charge is 2.20. The van der Waals surface area contributed by atoms with Crippen LogP contribution in [0.4, 0.5) is 11.6 Å². The number of piperazine rings is 1. The molecule has 19 heavy (non-hydrogen) atoms. The van der Waals surface area contributed by atoms with E-state index in [4.69, 9.17) is 0 Å². The SMILES string of the molecule is Brc1cnccc1N1CCN(c2ncccn2)CC1. The zero-order valence-corrected chi connectivity index (χ0v) is 12.0. The summed E-state index contributed by atoms with van der Waals surface area (Å²) in [7, 11) is 0. The smallest absolute Gasteiger partial charge is 0.225 e. The van der Waals surface area contributed by atoms with Crippen LogP contribution < -0.4 is 9.80 Å². The van der Waals surface area contributed by atoms with Crippen molar-refractivity contribution in [3.8, 4) is 0 Å². The Morgan fingerprint density at radius 1 is 0.947 bits per heavy atom. The number of aromatic nitrogens is 3. The fraction of sp³-hybridized carbons (Fsp3) is 0.308. The van der Waals surface area contributed by atoms with E-state index in [1.165, 1.54) is 5.69 Å². The third kappa shape index (κ3) is 2.68. The van der Waals surface area contributed by atoms with Crippen LogP contribution in [-0.2, 0) is 0 Å². The minimum Gasteiger partial charge on any atom is -0.367 e. The second kappa shape index (κ2) is 5.52. The molecule has 0 saturated carbocycles. The van der Waals surface area contributed by atoms with Crippen molar-refractivity contribution in [3.63, 3.8) is 0 Å². The molecular formula is C13H14BrN5. The van der Waals surface area contributed by atoms with Gasteiger partial charge in [0.15, 0.2) is 0 Å². The van der Waals surface area contributed by atoms with Crippen molar-refractivity contribution in [2.75, 3.05) is 36.0 Å². The molecule has 0 atom stereocenters. The predicted molar refractivity (Wildman–Crippen MR) is 78.4 cm³/mol. The summed E-state index contributed by atoms with van der Waals surface area (Å²) in [6, 6.07) is 3.88. The van der Waals surface area contributed by atoms with E-state index in [0.29, 0.717) is 0 Å². The second-order valence-electron chi connectivity index (χ2n) is 4.35. The van der Waals surface area contributed by atoms with Gasteiger partial charge in [-0.15, -0.1) is 0 Å². The van der Waals surface area contributed by atoms with Crippen molar-refractivity contribution in [1.29, 1.82) is 0 Å². The van der Waals surface area contributed by atoms with Crippen LogP contribution in [0.15, 0.2) is 41.4 Å². The Morgan fingerprint density at radius 3 is 2.32 bits per heavy atom. The van der Waals surface area contributed by atoms with E-state index in [1.807, 2.05) is 24.5 Å². The van der Waals surface area contributed by atoms with Crippen molar-refractivity contribution in [3.05, 3.63) is 41.4 Å². The number of nitrogens with zero attached hydrogens (tertiary/aromatic N) is 5. The van der Waals surface area contributed by atoms with Crippen LogP contribution in [0, 0.1) is 0 Å². The molecule has 1 fully saturated rings. The van der Waals surface area contributed by atoms with Crippen LogP contribution in [-0.4, -0.2) is 41.1 Å². The molecule has 3 rings (SSSR count). The molecule has 6 heteroatoms. The highest BCUT2D eigenvalue weighted by atomic mass is 79.9. The van der Waals surface area contributed by atoms with E-state index in [-0.39, 0.29) is 0 Å². The van der Waals surface area contributed by atoms with Crippen molar-refractivity contribution < 1.29 is 0 Å². The summed E-state index contributed by atoms with van der Waals surface area (Å²) in [6.45, 7) is 3.78. The predicted octanol–water partition coefficient (Wildman–Crippen LogP) is 1.96. The maximum Gasteiger partial charge on any atom is 0.225 e. The van der Waals surface area contributed by atoms with E-state index in [2.05, 4.69) is 40.7 Å². The van der Waals surface area contributed by atoms with Crippen LogP contribution >= 0.6 is 15.9 Å². The van der Waals surface area contributed by atoms with Gasteiger partial charge in [0, 0.05) is 51.0 Å². The van der Waals surface area contributed by atoms with E-state index < -0.39 is 0 Å². The van der Waals surface area contributed by atoms with E-state index in [0.717, 1.165) is 36.6 Å². The van der Waals surface area contributed by atoms with Crippen LogP contribution in [0.2, 0.25) is 0 Å². The van der Waals surface area contributed by atoms with Gasteiger partial charge in [0.1, 0.15) is 0 Å². The molecule has 1 aliphatic heterocycles. The average Bonchev–Trinajstić information content (AvgIpc) is 2.49. The molecule has 0 spiro atoms. The minimum absolute atomic E-state index is 0.816. The molecule has 98 valence electrons. The lowest BCUT2D eigenvalue weighted by atomic mass is 10.3. The molecule has 2 aromatic rings. The first-order valence-electron chi connectivity index (χ1n) is 6.21. The van der Waals surface area contributed by atoms with Crippen molar-refractivity contribution in [2.45, 2.75) is 0 Å². The highest BCUT2D eigenvalue weighted by Crippen LogP contribution is 2.26. The molecule has 0 aliphatic carbocycles. The Balaban J connectivity index is 1.69. The number of hydrogen-bond acceptors (Lipinski definition) is 5. The Kier molecular flexibility index (Phi) is 3.59. The monoisotopic (exact) mass is 319 g/mol. The lowest BCUT2D eigenvalue weighted by Crippen LogP contribution is -2.47. The van der Waals surface area contributed by atoms with Crippen LogP contribution in [0.1, 0.15) is 0 Å². The third-order valence-corrected chi connectivity index (χ3v) is 3.82. The lowest BCUT2D eigenvalue weighted by molar-refractivity contribution is 0.639. The molecule has 1 saturated heterocycles. The van der Waals surface area contributed by atoms with Crippen molar-refractivity contribution >= 4 is 27.6 Å². The summed E-state index contributed by atoms with van der Waals surface area (Å²) in [5.41, 5.74) is 1.20. The zero-order valence-electron chi connectivity index (χ0n) is 10.4. The van der Waals surface area contributed by atoms with Gasteiger partial charge >= 0.3 is 0 Å². The van der Waals surface area contributed by atoms with Gasteiger partial charge in [-0.05, 0) is 28.1 Å². The van der Waals surface area contributed by atoms with Crippen molar-refractivity contribution in [2.24, 2.45) is 0 Å². The molecule has 0 unspecified atom stereocenters. The summed E-state index contributed by atoms with van der Waals surface area (Å²) in [5, 5.41) is 0. The summed E-state index contributed by atoms with van der Waals surface area (Å²) in [5.74, 6) is 0.816. The number of rotatable bonds is 2. The molecule has 3 heterocycles. The Hall–Kier alpha value is -1.69. The van der Waals surface area contributed by atoms with Gasteiger partial charge in [-0.3, -0.25) is 4.98 Å². The standard InChI is InChI=1S/C13H14BrN5/c14-11-10-15-5-2-12(11)18-6-8-19(9-7-18)13-16-3-1-4-17-13/h1-5,10H,6-9H2. The van der Waals surface area contributed by atoms with E-state index in [1.54, 1.807) is 12.4 Å². The van der Waals surface area contributed by atoms with Crippen molar-refractivity contribution in [1.82, 2.24) is 15.0 Å². The van der Waals surface area contributed by atoms with E-state index in [9.17, 15) is 0 Å². The topological polar surface area (TPSA) is 45.2 Å². The van der Waals surface area contributed by atoms with E-state index >= 15 is 0 Å². The molecule has 0 amide bonds. The molecular weight excluding hydrogens is 306 g/mol. The number of hydrogen-bond donors (Lipinski definition) is 0. The first-order chi connectivity index (χ1) is 9.34. The van der Waals surface area contributed by atoms with Gasteiger partial charge in [0.25, 0.3) is 0 Å². The molecule has 0 N–H and O–H groups in total. The Morgan fingerprint density at radius 2 is 1.63 bits per heavy atom. The Labute approximate surface area is 120 Å². The molecule has 0 aromatic carbocycles. The minimum atomic E-state index is 0.816. The second-order valence-corrected chi connectivity index (χ2v) is 5.20. The number of anilines is 2. The van der Waals surface area contributed by atoms with Gasteiger partial charge in [-0.1, -0.05) is 0 Å². The quantitative estimate of drug-likeness (QED) is 0.846. The summed E-state index contributed by atoms with van der Waals surface area (Å²) in [4.78, 5) is 17.3. The zero-order chi connectivity index (χ0) is 13.1. The van der Waals surface area contributed by atoms with Gasteiger partial charge in [0.2, 0.25) is 5.95 Å². The number of pyridine rings is 1. The lowest BCUT2D eigenvalue weighted by Gasteiger charge is -2.36. The fourth-order valence-corrected chi connectivity index (χ4v) is 2.73. The first-order valence-corrected chi connectivity index (χ1v) is 7.00. The fourth-order valence-electron chi connectivity index (χ4n) is 2.23. The summed E-state index contributed by atoms with van der Waals surface area (Å²) >= 11 is 3.55. The van der Waals surface area contributed by atoms with Crippen LogP contribution in [0.3, 0.4) is 0 Å². The Bertz CT molecular complexity index is 540. The number of halogens is 1. The van der Waals surface area contributed by atoms with Gasteiger partial charge < -0.3 is 9.80 Å². The normalized spacial score (nSPS) is 15.6. The molecule has 2 aromatic heterocycles. The summed E-state index contributed by atoms with van der Waals surface area (Å²) < 4.78 is 1.04. The third-order valence-electron chi connectivity index (χ3n) is 3.21. The first kappa shape index (κ1) is 12.3. The maximum atomic E-state index is 4.29.